The maximum Gasteiger partial charge on any atom is 0.156 e. The lowest BCUT2D eigenvalue weighted by molar-refractivity contribution is 0.0617. The summed E-state index contributed by atoms with van der Waals surface area (Å²) < 4.78 is 0. The van der Waals surface area contributed by atoms with E-state index in [1.54, 1.807) is 17.3 Å². The fourth-order valence-corrected chi connectivity index (χ4v) is 1.50. The molecule has 3 nitrogen and oxygen atoms in total. The number of benzene rings is 1. The van der Waals surface area contributed by atoms with Crippen molar-refractivity contribution in [1.29, 1.82) is 0 Å². The van der Waals surface area contributed by atoms with E-state index in [0.717, 1.165) is 11.3 Å². The first-order valence-electron chi connectivity index (χ1n) is 4.51. The van der Waals surface area contributed by atoms with E-state index in [0.29, 0.717) is 6.54 Å². The molecule has 0 saturated heterocycles. The predicted octanol–water partition coefficient (Wildman–Crippen LogP) is 1.84. The van der Waals surface area contributed by atoms with Crippen molar-refractivity contribution in [3.05, 3.63) is 42.5 Å². The van der Waals surface area contributed by atoms with Crippen LogP contribution in [-0.2, 0) is 0 Å². The van der Waals surface area contributed by atoms with Gasteiger partial charge in [0.25, 0.3) is 0 Å². The van der Waals surface area contributed by atoms with Crippen molar-refractivity contribution >= 4 is 12.0 Å². The molecule has 0 aliphatic carbocycles. The third-order valence-corrected chi connectivity index (χ3v) is 2.21. The Morgan fingerprint density at radius 1 is 1.50 bits per heavy atom. The molecule has 1 aliphatic heterocycles. The highest BCUT2D eigenvalue weighted by atomic mass is 16.3. The van der Waals surface area contributed by atoms with Gasteiger partial charge in [-0.3, -0.25) is 0 Å². The highest BCUT2D eigenvalue weighted by molar-refractivity contribution is 5.67. The lowest BCUT2D eigenvalue weighted by atomic mass is 10.1. The summed E-state index contributed by atoms with van der Waals surface area (Å²) in [5.74, 6) is 0. The largest absolute Gasteiger partial charge is 0.369 e. The summed E-state index contributed by atoms with van der Waals surface area (Å²) in [6.07, 6.45) is 2.78. The summed E-state index contributed by atoms with van der Waals surface area (Å²) in [5.41, 5.74) is 1.68. The van der Waals surface area contributed by atoms with Gasteiger partial charge in [-0.05, 0) is 6.07 Å². The molecule has 1 aromatic rings. The van der Waals surface area contributed by atoms with E-state index in [1.165, 1.54) is 0 Å². The van der Waals surface area contributed by atoms with Crippen molar-refractivity contribution in [2.45, 2.75) is 6.23 Å². The summed E-state index contributed by atoms with van der Waals surface area (Å²) in [6, 6.07) is 7.58. The second-order valence-electron chi connectivity index (χ2n) is 3.16. The average molecular weight is 188 g/mol. The molecule has 14 heavy (non-hydrogen) atoms. The fraction of sp³-hybridized carbons (Fsp3) is 0.182. The Bertz CT molecular complexity index is 373. The molecule has 1 aromatic carbocycles. The maximum atomic E-state index is 9.94. The lowest BCUT2D eigenvalue weighted by Crippen LogP contribution is -2.29. The zero-order chi connectivity index (χ0) is 9.97. The molecule has 0 radical (unpaired) electrons. The molecule has 1 heterocycles. The van der Waals surface area contributed by atoms with E-state index in [9.17, 15) is 5.11 Å². The van der Waals surface area contributed by atoms with Crippen molar-refractivity contribution in [3.63, 3.8) is 0 Å². The van der Waals surface area contributed by atoms with Crippen molar-refractivity contribution in [3.8, 4) is 0 Å². The number of aliphatic hydroxyl groups excluding tert-OH is 1. The molecule has 2 rings (SSSR count). The third-order valence-electron chi connectivity index (χ3n) is 2.21. The molecule has 0 fully saturated rings. The number of para-hydroxylation sites is 1. The molecular weight excluding hydrogens is 176 g/mol. The van der Waals surface area contributed by atoms with Crippen LogP contribution in [0, 0.1) is 0 Å². The van der Waals surface area contributed by atoms with Gasteiger partial charge in [0.15, 0.2) is 6.23 Å². The van der Waals surface area contributed by atoms with Crippen LogP contribution < -0.4 is 0 Å². The molecule has 3 heteroatoms. The monoisotopic (exact) mass is 188 g/mol. The number of hydrogen-bond acceptors (Lipinski definition) is 3. The summed E-state index contributed by atoms with van der Waals surface area (Å²) in [4.78, 5) is 5.97. The van der Waals surface area contributed by atoms with E-state index >= 15 is 0 Å². The average Bonchev–Trinajstić information content (AvgIpc) is 2.23. The van der Waals surface area contributed by atoms with Crippen LogP contribution in [0.5, 0.6) is 0 Å². The molecule has 1 atom stereocenters. The number of rotatable bonds is 2. The molecular formula is C11H12N2O. The fourth-order valence-electron chi connectivity index (χ4n) is 1.50. The van der Waals surface area contributed by atoms with Crippen molar-refractivity contribution in [2.24, 2.45) is 4.99 Å². The van der Waals surface area contributed by atoms with Gasteiger partial charge in [0.1, 0.15) is 0 Å². The van der Waals surface area contributed by atoms with E-state index in [1.807, 2.05) is 24.3 Å². The Morgan fingerprint density at radius 2 is 2.29 bits per heavy atom. The molecule has 1 unspecified atom stereocenters. The van der Waals surface area contributed by atoms with Gasteiger partial charge in [-0.2, -0.15) is 0 Å². The summed E-state index contributed by atoms with van der Waals surface area (Å²) in [7, 11) is 0. The van der Waals surface area contributed by atoms with E-state index < -0.39 is 6.23 Å². The zero-order valence-electron chi connectivity index (χ0n) is 7.80. The minimum Gasteiger partial charge on any atom is -0.369 e. The molecule has 1 aliphatic rings. The molecule has 72 valence electrons. The minimum atomic E-state index is -0.610. The first-order chi connectivity index (χ1) is 6.83. The normalized spacial score (nSPS) is 19.2. The Hall–Kier alpha value is -1.61. The van der Waals surface area contributed by atoms with Gasteiger partial charge in [-0.1, -0.05) is 24.3 Å². The predicted molar refractivity (Wildman–Crippen MR) is 56.5 cm³/mol. The highest BCUT2D eigenvalue weighted by Gasteiger charge is 2.20. The minimum absolute atomic E-state index is 0.596. The van der Waals surface area contributed by atoms with Gasteiger partial charge in [-0.25, -0.2) is 4.99 Å². The van der Waals surface area contributed by atoms with Crippen LogP contribution in [-0.4, -0.2) is 22.9 Å². The van der Waals surface area contributed by atoms with E-state index in [4.69, 9.17) is 0 Å². The van der Waals surface area contributed by atoms with E-state index in [2.05, 4.69) is 11.6 Å². The molecule has 0 spiro atoms. The van der Waals surface area contributed by atoms with Crippen molar-refractivity contribution in [1.82, 2.24) is 4.90 Å². The summed E-state index contributed by atoms with van der Waals surface area (Å²) in [6.45, 7) is 4.23. The SMILES string of the molecule is C=CCN1C=Nc2ccccc2C1O. The second kappa shape index (κ2) is 3.64. The first-order valence-corrected chi connectivity index (χ1v) is 4.51. The Morgan fingerprint density at radius 3 is 3.07 bits per heavy atom. The van der Waals surface area contributed by atoms with Gasteiger partial charge in [-0.15, -0.1) is 6.58 Å². The number of hydrogen-bond donors (Lipinski definition) is 1. The first kappa shape index (κ1) is 8.97. The van der Waals surface area contributed by atoms with Crippen LogP contribution in [0.4, 0.5) is 5.69 Å². The van der Waals surface area contributed by atoms with Gasteiger partial charge in [0, 0.05) is 12.1 Å². The summed E-state index contributed by atoms with van der Waals surface area (Å²) in [5, 5.41) is 9.94. The van der Waals surface area contributed by atoms with Gasteiger partial charge < -0.3 is 10.0 Å². The molecule has 1 N–H and O–H groups in total. The topological polar surface area (TPSA) is 35.8 Å². The van der Waals surface area contributed by atoms with Crippen molar-refractivity contribution in [2.75, 3.05) is 6.54 Å². The van der Waals surface area contributed by atoms with Crippen LogP contribution in [0.2, 0.25) is 0 Å². The van der Waals surface area contributed by atoms with Crippen LogP contribution in [0.3, 0.4) is 0 Å². The maximum absolute atomic E-state index is 9.94. The standard InChI is InChI=1S/C11H12N2O/c1-2-7-13-8-12-10-6-4-3-5-9(10)11(13)14/h2-6,8,11,14H,1,7H2. The quantitative estimate of drug-likeness (QED) is 0.719. The number of aliphatic hydroxyl groups is 1. The Labute approximate surface area is 83.0 Å². The van der Waals surface area contributed by atoms with Crippen LogP contribution >= 0.6 is 0 Å². The van der Waals surface area contributed by atoms with Crippen LogP contribution in [0.1, 0.15) is 11.8 Å². The summed E-state index contributed by atoms with van der Waals surface area (Å²) >= 11 is 0. The third kappa shape index (κ3) is 1.42. The lowest BCUT2D eigenvalue weighted by Gasteiger charge is -2.28. The smallest absolute Gasteiger partial charge is 0.156 e. The molecule has 0 saturated carbocycles. The van der Waals surface area contributed by atoms with Crippen LogP contribution in [0.15, 0.2) is 41.9 Å². The molecule has 0 amide bonds. The van der Waals surface area contributed by atoms with Gasteiger partial charge in [0.2, 0.25) is 0 Å². The zero-order valence-corrected chi connectivity index (χ0v) is 7.80. The highest BCUT2D eigenvalue weighted by Crippen LogP contribution is 2.30. The number of fused-ring (bicyclic) bond motifs is 1. The Balaban J connectivity index is 2.34. The number of aliphatic imine (C=N–C) groups is 1. The molecule has 0 aromatic heterocycles. The second-order valence-corrected chi connectivity index (χ2v) is 3.16. The number of nitrogens with zero attached hydrogens (tertiary/aromatic N) is 2. The van der Waals surface area contributed by atoms with Crippen molar-refractivity contribution < 1.29 is 5.11 Å². The van der Waals surface area contributed by atoms with Gasteiger partial charge in [0.05, 0.1) is 12.0 Å². The van der Waals surface area contributed by atoms with E-state index in [-0.39, 0.29) is 0 Å². The molecule has 0 bridgehead atoms. The van der Waals surface area contributed by atoms with Gasteiger partial charge >= 0.3 is 0 Å². The Kier molecular flexibility index (Phi) is 2.33. The van der Waals surface area contributed by atoms with Crippen LogP contribution in [0.25, 0.3) is 0 Å².